The maximum Gasteiger partial charge on any atom is 0.300 e. The third-order valence-corrected chi connectivity index (χ3v) is 12.6. The molecule has 0 aromatic heterocycles. The van der Waals surface area contributed by atoms with Gasteiger partial charge >= 0.3 is 13.1 Å². The van der Waals surface area contributed by atoms with Crippen LogP contribution in [0.25, 0.3) is 0 Å². The molecule has 0 saturated heterocycles. The maximum atomic E-state index is 15.4. The molecule has 0 aliphatic rings. The minimum absolute atomic E-state index is 0.969. The summed E-state index contributed by atoms with van der Waals surface area (Å²) in [5, 5.41) is 0. The second kappa shape index (κ2) is 14.7. The largest absolute Gasteiger partial charge is 0.434 e. The molecular formula is C28H11AlF20O. The molecule has 0 unspecified atom stereocenters. The standard InChI is InChI=1S/4C6F5.C4H10O.Al/c4*7-2-1-3(8)5(10)6(11)4(2)9;1-3-5-4-2;/h;;;;3-4H2,1-2H3;/q;;;;;-1/p+1. The molecule has 0 aliphatic heterocycles. The van der Waals surface area contributed by atoms with Crippen LogP contribution >= 0.6 is 0 Å². The predicted octanol–water partition coefficient (Wildman–Crippen LogP) is 6.40. The van der Waals surface area contributed by atoms with E-state index >= 15 is 35.1 Å². The van der Waals surface area contributed by atoms with E-state index in [1.165, 1.54) is 0 Å². The first-order chi connectivity index (χ1) is 23.1. The van der Waals surface area contributed by atoms with Crippen molar-refractivity contribution in [1.29, 1.82) is 0 Å². The SMILES string of the molecule is CC[OH+]CC.Fc1c(F)c(F)[c]([Al-]([c]2c(F)c(F)c(F)c(F)c2F)([c]2c(F)c(F)c(F)c(F)c2F)[c]2c(F)c(F)c(F)c(F)c2F)c(F)c1F. The van der Waals surface area contributed by atoms with Gasteiger partial charge in [-0.1, -0.05) is 0 Å². The van der Waals surface area contributed by atoms with Crippen LogP contribution in [-0.4, -0.2) is 31.0 Å². The third kappa shape index (κ3) is 5.83. The highest BCUT2D eigenvalue weighted by Gasteiger charge is 2.55. The first kappa shape index (κ1) is 40.4. The van der Waals surface area contributed by atoms with Gasteiger partial charge in [0.2, 0.25) is 0 Å². The molecular weight excluding hydrogens is 759 g/mol. The minimum atomic E-state index is -9.08. The number of rotatable bonds is 6. The van der Waals surface area contributed by atoms with Gasteiger partial charge in [0, 0.05) is 13.8 Å². The Kier molecular flexibility index (Phi) is 11.9. The van der Waals surface area contributed by atoms with Gasteiger partial charge in [0.15, 0.2) is 69.8 Å². The van der Waals surface area contributed by atoms with E-state index in [1.54, 1.807) is 0 Å². The maximum absolute atomic E-state index is 15.4. The predicted molar refractivity (Wildman–Crippen MR) is 133 cm³/mol. The molecule has 4 aromatic rings. The highest BCUT2D eigenvalue weighted by molar-refractivity contribution is 7.20. The summed E-state index contributed by atoms with van der Waals surface area (Å²) in [6.45, 7) is 6.03. The van der Waals surface area contributed by atoms with Crippen LogP contribution in [0.5, 0.6) is 0 Å². The molecule has 0 radical (unpaired) electrons. The molecule has 4 rings (SSSR count). The van der Waals surface area contributed by atoms with Crippen LogP contribution in [-0.2, 0) is 0 Å². The Morgan fingerprint density at radius 1 is 0.260 bits per heavy atom. The van der Waals surface area contributed by atoms with E-state index in [2.05, 4.69) is 4.74 Å². The molecule has 0 heterocycles. The molecule has 22 heteroatoms. The summed E-state index contributed by atoms with van der Waals surface area (Å²) in [5.74, 6) is -70.8. The average Bonchev–Trinajstić information content (AvgIpc) is 3.08. The molecule has 0 bridgehead atoms. The van der Waals surface area contributed by atoms with Crippen LogP contribution < -0.4 is 17.7 Å². The Hall–Kier alpha value is -4.03. The molecule has 272 valence electrons. The molecule has 1 nitrogen and oxygen atoms in total. The number of halogens is 20. The van der Waals surface area contributed by atoms with Crippen molar-refractivity contribution in [3.05, 3.63) is 116 Å². The second-order valence-corrected chi connectivity index (χ2v) is 13.7. The minimum Gasteiger partial charge on any atom is -0.434 e. The molecule has 0 spiro atoms. The summed E-state index contributed by atoms with van der Waals surface area (Å²) in [4.78, 5) is 0. The van der Waals surface area contributed by atoms with Crippen LogP contribution in [0.4, 0.5) is 87.8 Å². The van der Waals surface area contributed by atoms with E-state index in [0.717, 1.165) is 13.2 Å². The topological polar surface area (TPSA) is 12.8 Å². The molecule has 4 aromatic carbocycles. The Morgan fingerprint density at radius 3 is 0.480 bits per heavy atom. The zero-order chi connectivity index (χ0) is 38.5. The van der Waals surface area contributed by atoms with Gasteiger partial charge in [-0.05, 0) is 0 Å². The summed E-state index contributed by atoms with van der Waals surface area (Å²) in [7, 11) is 0. The summed E-state index contributed by atoms with van der Waals surface area (Å²) in [5.41, 5.74) is 0. The summed E-state index contributed by atoms with van der Waals surface area (Å²) >= 11 is -9.08. The van der Waals surface area contributed by atoms with Crippen molar-refractivity contribution in [3.8, 4) is 0 Å². The first-order valence-corrected chi connectivity index (χ1v) is 15.3. The van der Waals surface area contributed by atoms with Gasteiger partial charge in [0.25, 0.3) is 0 Å². The third-order valence-electron chi connectivity index (χ3n) is 7.15. The van der Waals surface area contributed by atoms with Crippen molar-refractivity contribution in [2.24, 2.45) is 0 Å². The van der Waals surface area contributed by atoms with E-state index in [4.69, 9.17) is 0 Å². The fourth-order valence-electron chi connectivity index (χ4n) is 5.10. The zero-order valence-corrected chi connectivity index (χ0v) is 25.2. The molecule has 0 amide bonds. The van der Waals surface area contributed by atoms with E-state index in [0.29, 0.717) is 0 Å². The Balaban J connectivity index is 0.00000126. The van der Waals surface area contributed by atoms with Crippen molar-refractivity contribution < 1.29 is 92.5 Å². The van der Waals surface area contributed by atoms with Crippen molar-refractivity contribution in [1.82, 2.24) is 0 Å². The first-order valence-electron chi connectivity index (χ1n) is 13.0. The lowest BCUT2D eigenvalue weighted by atomic mass is 10.2. The zero-order valence-electron chi connectivity index (χ0n) is 24.0. The lowest BCUT2D eigenvalue weighted by Gasteiger charge is -2.42. The fraction of sp³-hybridized carbons (Fsp3) is 0.143. The molecule has 0 aliphatic carbocycles. The van der Waals surface area contributed by atoms with Gasteiger partial charge in [0.1, 0.15) is 59.8 Å². The lowest BCUT2D eigenvalue weighted by molar-refractivity contribution is -0.0178. The Morgan fingerprint density at radius 2 is 0.380 bits per heavy atom. The number of hydrogen-bond donors (Lipinski definition) is 0. The number of benzene rings is 4. The van der Waals surface area contributed by atoms with Gasteiger partial charge < -0.3 is 4.74 Å². The van der Waals surface area contributed by atoms with Crippen molar-refractivity contribution in [2.75, 3.05) is 13.2 Å². The molecule has 50 heavy (non-hydrogen) atoms. The lowest BCUT2D eigenvalue weighted by Crippen LogP contribution is -2.81. The quantitative estimate of drug-likeness (QED) is 0.0709. The van der Waals surface area contributed by atoms with Gasteiger partial charge in [-0.3, -0.25) is 0 Å². The van der Waals surface area contributed by atoms with Gasteiger partial charge in [-0.25, -0.2) is 87.8 Å². The van der Waals surface area contributed by atoms with Gasteiger partial charge in [-0.15, -0.1) is 17.7 Å². The van der Waals surface area contributed by atoms with Crippen LogP contribution in [0.3, 0.4) is 0 Å². The monoisotopic (exact) mass is 770 g/mol. The van der Waals surface area contributed by atoms with E-state index in [1.807, 2.05) is 13.8 Å². The van der Waals surface area contributed by atoms with Crippen LogP contribution in [0, 0.1) is 116 Å². The van der Waals surface area contributed by atoms with E-state index in [9.17, 15) is 52.7 Å². The molecule has 0 fully saturated rings. The summed E-state index contributed by atoms with van der Waals surface area (Å²) in [6, 6.07) is 0. The van der Waals surface area contributed by atoms with Gasteiger partial charge in [0.05, 0.1) is 0 Å². The smallest absolute Gasteiger partial charge is 0.300 e. The Bertz CT molecular complexity index is 1630. The van der Waals surface area contributed by atoms with E-state index < -0.39 is 147 Å². The fourth-order valence-corrected chi connectivity index (χ4v) is 10.9. The normalized spacial score (nSPS) is 11.6. The Labute approximate surface area is 267 Å². The number of aliphatic hydroxyl groups is 2. The van der Waals surface area contributed by atoms with Crippen LogP contribution in [0.2, 0.25) is 0 Å². The molecule has 1 N–H and O–H groups in total. The van der Waals surface area contributed by atoms with Crippen molar-refractivity contribution >= 4 is 30.8 Å². The summed E-state index contributed by atoms with van der Waals surface area (Å²) < 4.78 is 284. The highest BCUT2D eigenvalue weighted by Crippen LogP contribution is 2.30. The number of hydrogen-bond acceptors (Lipinski definition) is 0. The van der Waals surface area contributed by atoms with Crippen LogP contribution in [0.1, 0.15) is 13.8 Å². The number of ether oxygens (including phenoxy) is 1. The van der Waals surface area contributed by atoms with Crippen LogP contribution in [0.15, 0.2) is 0 Å². The average molecular weight is 770 g/mol. The highest BCUT2D eigenvalue weighted by atomic mass is 27.2. The summed E-state index contributed by atoms with van der Waals surface area (Å²) in [6.07, 6.45) is 0. The second-order valence-electron chi connectivity index (χ2n) is 9.66. The van der Waals surface area contributed by atoms with Crippen molar-refractivity contribution in [3.63, 3.8) is 0 Å². The van der Waals surface area contributed by atoms with E-state index in [-0.39, 0.29) is 0 Å². The molecule has 0 atom stereocenters. The molecule has 0 saturated carbocycles. The van der Waals surface area contributed by atoms with Crippen molar-refractivity contribution in [2.45, 2.75) is 13.8 Å². The van der Waals surface area contributed by atoms with Gasteiger partial charge in [-0.2, -0.15) is 0 Å².